The van der Waals surface area contributed by atoms with E-state index in [1.807, 2.05) is 58.8 Å². The molecule has 0 bridgehead atoms. The Hall–Kier alpha value is -2.33. The molecule has 0 atom stereocenters. The Morgan fingerprint density at radius 2 is 1.71 bits per heavy atom. The molecule has 31 heavy (non-hydrogen) atoms. The van der Waals surface area contributed by atoms with E-state index in [1.165, 1.54) is 5.56 Å². The molecule has 0 radical (unpaired) electrons. The average molecular weight is 458 g/mol. The number of aromatic nitrogens is 3. The van der Waals surface area contributed by atoms with E-state index in [2.05, 4.69) is 24.0 Å². The Balaban J connectivity index is 1.41. The third-order valence-corrected chi connectivity index (χ3v) is 7.90. The van der Waals surface area contributed by atoms with Crippen LogP contribution in [0, 0.1) is 11.7 Å². The Bertz CT molecular complexity index is 1210. The zero-order valence-corrected chi connectivity index (χ0v) is 19.4. The molecule has 0 amide bonds. The van der Waals surface area contributed by atoms with Crippen molar-refractivity contribution in [3.05, 3.63) is 70.5 Å². The first-order chi connectivity index (χ1) is 14.8. The number of rotatable bonds is 6. The van der Waals surface area contributed by atoms with Crippen LogP contribution in [0.2, 0.25) is 0 Å². The molecule has 9 heteroatoms. The Labute approximate surface area is 188 Å². The summed E-state index contributed by atoms with van der Waals surface area (Å²) in [5.74, 6) is 0.872. The van der Waals surface area contributed by atoms with E-state index >= 15 is 0 Å². The summed E-state index contributed by atoms with van der Waals surface area (Å²) in [6, 6.07) is 17.5. The molecule has 1 aromatic heterocycles. The van der Waals surface area contributed by atoms with Crippen molar-refractivity contribution >= 4 is 22.2 Å². The summed E-state index contributed by atoms with van der Waals surface area (Å²) in [4.78, 5) is 2.19. The van der Waals surface area contributed by atoms with Gasteiger partial charge in [-0.25, -0.2) is 13.1 Å². The maximum atomic E-state index is 12.8. The number of aryl methyl sites for hydroxylation is 1. The van der Waals surface area contributed by atoms with Crippen molar-refractivity contribution in [2.24, 2.45) is 7.05 Å². The van der Waals surface area contributed by atoms with Gasteiger partial charge < -0.3 is 4.57 Å². The minimum absolute atomic E-state index is 0.0407. The molecule has 0 unspecified atom stereocenters. The number of piperazine rings is 1. The van der Waals surface area contributed by atoms with Crippen LogP contribution >= 0.6 is 12.2 Å². The van der Waals surface area contributed by atoms with Gasteiger partial charge in [-0.1, -0.05) is 54.1 Å². The first-order valence-corrected chi connectivity index (χ1v) is 12.3. The van der Waals surface area contributed by atoms with Crippen LogP contribution in [0.1, 0.15) is 11.1 Å². The van der Waals surface area contributed by atoms with Gasteiger partial charge in [0.15, 0.2) is 10.6 Å². The first kappa shape index (κ1) is 21.9. The normalized spacial score (nSPS) is 15.9. The maximum Gasteiger partial charge on any atom is 0.218 e. The second-order valence-electron chi connectivity index (χ2n) is 7.93. The van der Waals surface area contributed by atoms with E-state index < -0.39 is 10.0 Å². The molecule has 7 nitrogen and oxygen atoms in total. The number of benzene rings is 2. The average Bonchev–Trinajstić information content (AvgIpc) is 3.03. The van der Waals surface area contributed by atoms with Crippen molar-refractivity contribution in [2.45, 2.75) is 19.3 Å². The molecule has 0 saturated carbocycles. The van der Waals surface area contributed by atoms with Gasteiger partial charge in [-0.2, -0.15) is 9.40 Å². The molecule has 2 aromatic carbocycles. The van der Waals surface area contributed by atoms with Crippen LogP contribution in [0.15, 0.2) is 54.6 Å². The molecule has 1 saturated heterocycles. The first-order valence-electron chi connectivity index (χ1n) is 10.3. The molecule has 0 N–H and O–H groups in total. The van der Waals surface area contributed by atoms with E-state index in [0.29, 0.717) is 37.6 Å². The third kappa shape index (κ3) is 4.95. The summed E-state index contributed by atoms with van der Waals surface area (Å²) in [7, 11) is -1.40. The Morgan fingerprint density at radius 1 is 1.00 bits per heavy atom. The molecule has 1 aliphatic heterocycles. The predicted molar refractivity (Wildman–Crippen MR) is 124 cm³/mol. The van der Waals surface area contributed by atoms with Crippen LogP contribution in [0.5, 0.6) is 0 Å². The molecule has 0 spiro atoms. The van der Waals surface area contributed by atoms with E-state index in [1.54, 1.807) is 4.31 Å². The zero-order chi connectivity index (χ0) is 22.0. The fourth-order valence-electron chi connectivity index (χ4n) is 3.83. The molecule has 0 aliphatic carbocycles. The highest BCUT2D eigenvalue weighted by atomic mass is 32.2. The summed E-state index contributed by atoms with van der Waals surface area (Å²) in [6.45, 7) is 4.84. The summed E-state index contributed by atoms with van der Waals surface area (Å²) in [5.41, 5.74) is 3.02. The van der Waals surface area contributed by atoms with Crippen LogP contribution in [-0.2, 0) is 29.5 Å². The number of nitrogens with zero attached hydrogens (tertiary/aromatic N) is 5. The predicted octanol–water partition coefficient (Wildman–Crippen LogP) is 3.03. The molecule has 4 rings (SSSR count). The van der Waals surface area contributed by atoms with E-state index in [4.69, 9.17) is 17.3 Å². The van der Waals surface area contributed by atoms with E-state index in [-0.39, 0.29) is 5.75 Å². The second kappa shape index (κ2) is 9.04. The van der Waals surface area contributed by atoms with Gasteiger partial charge >= 0.3 is 0 Å². The van der Waals surface area contributed by atoms with E-state index in [0.717, 1.165) is 17.0 Å². The smallest absolute Gasteiger partial charge is 0.218 e. The highest BCUT2D eigenvalue weighted by molar-refractivity contribution is 7.88. The molecule has 3 aromatic rings. The monoisotopic (exact) mass is 457 g/mol. The van der Waals surface area contributed by atoms with Crippen LogP contribution in [0.25, 0.3) is 11.4 Å². The van der Waals surface area contributed by atoms with Crippen LogP contribution in [0.4, 0.5) is 0 Å². The van der Waals surface area contributed by atoms with E-state index in [9.17, 15) is 8.42 Å². The standard InChI is InChI=1S/C22H27N5O2S2/c1-18-7-6-10-20(15-18)21-23-27(22(30)24(21)2)17-25-11-13-26(14-12-25)31(28,29)16-19-8-4-3-5-9-19/h3-10,15H,11-14,16-17H2,1-2H3. The minimum atomic E-state index is -3.32. The van der Waals surface area contributed by atoms with Crippen molar-refractivity contribution in [1.82, 2.24) is 23.6 Å². The SMILES string of the molecule is Cc1cccc(-c2nn(CN3CCN(S(=O)(=O)Cc4ccccc4)CC3)c(=S)n2C)c1. The lowest BCUT2D eigenvalue weighted by Gasteiger charge is -2.33. The van der Waals surface area contributed by atoms with Gasteiger partial charge in [0.05, 0.1) is 12.4 Å². The second-order valence-corrected chi connectivity index (χ2v) is 10.3. The van der Waals surface area contributed by atoms with Gasteiger partial charge in [0.1, 0.15) is 0 Å². The van der Waals surface area contributed by atoms with Gasteiger partial charge in [0.2, 0.25) is 10.0 Å². The van der Waals surface area contributed by atoms with Crippen molar-refractivity contribution < 1.29 is 8.42 Å². The highest BCUT2D eigenvalue weighted by Gasteiger charge is 2.27. The lowest BCUT2D eigenvalue weighted by molar-refractivity contribution is 0.144. The van der Waals surface area contributed by atoms with Crippen molar-refractivity contribution in [1.29, 1.82) is 0 Å². The third-order valence-electron chi connectivity index (χ3n) is 5.57. The van der Waals surface area contributed by atoms with Crippen LogP contribution < -0.4 is 0 Å². The summed E-state index contributed by atoms with van der Waals surface area (Å²) in [6.07, 6.45) is 0. The Morgan fingerprint density at radius 3 is 2.39 bits per heavy atom. The fraction of sp³-hybridized carbons (Fsp3) is 0.364. The summed E-state index contributed by atoms with van der Waals surface area (Å²) < 4.78 is 31.5. The van der Waals surface area contributed by atoms with Crippen molar-refractivity contribution in [3.8, 4) is 11.4 Å². The lowest BCUT2D eigenvalue weighted by atomic mass is 10.1. The van der Waals surface area contributed by atoms with Gasteiger partial charge in [0, 0.05) is 38.8 Å². The highest BCUT2D eigenvalue weighted by Crippen LogP contribution is 2.19. The van der Waals surface area contributed by atoms with Gasteiger partial charge in [-0.15, -0.1) is 0 Å². The molecular formula is C22H27N5O2S2. The summed E-state index contributed by atoms with van der Waals surface area (Å²) in [5, 5.41) is 4.74. The van der Waals surface area contributed by atoms with Gasteiger partial charge in [-0.05, 0) is 30.8 Å². The summed E-state index contributed by atoms with van der Waals surface area (Å²) >= 11 is 5.60. The molecule has 2 heterocycles. The minimum Gasteiger partial charge on any atom is -0.303 e. The maximum absolute atomic E-state index is 12.8. The van der Waals surface area contributed by atoms with Crippen LogP contribution in [-0.4, -0.2) is 58.1 Å². The van der Waals surface area contributed by atoms with Crippen molar-refractivity contribution in [2.75, 3.05) is 26.2 Å². The van der Waals surface area contributed by atoms with Gasteiger partial charge in [-0.3, -0.25) is 4.90 Å². The lowest BCUT2D eigenvalue weighted by Crippen LogP contribution is -2.49. The molecular weight excluding hydrogens is 430 g/mol. The Kier molecular flexibility index (Phi) is 6.38. The molecule has 164 valence electrons. The molecule has 1 fully saturated rings. The number of hydrogen-bond acceptors (Lipinski definition) is 5. The van der Waals surface area contributed by atoms with Crippen LogP contribution in [0.3, 0.4) is 0 Å². The van der Waals surface area contributed by atoms with Crippen molar-refractivity contribution in [3.63, 3.8) is 0 Å². The molecule has 1 aliphatic rings. The van der Waals surface area contributed by atoms with Gasteiger partial charge in [0.25, 0.3) is 0 Å². The topological polar surface area (TPSA) is 63.4 Å². The quantitative estimate of drug-likeness (QED) is 0.533. The zero-order valence-electron chi connectivity index (χ0n) is 17.8. The largest absolute Gasteiger partial charge is 0.303 e. The number of hydrogen-bond donors (Lipinski definition) is 0. The fourth-order valence-corrected chi connectivity index (χ4v) is 5.53. The number of sulfonamides is 1.